The van der Waals surface area contributed by atoms with Gasteiger partial charge in [0.05, 0.1) is 30.0 Å². The minimum Gasteiger partial charge on any atom is -0.334 e. The maximum absolute atomic E-state index is 12.8. The summed E-state index contributed by atoms with van der Waals surface area (Å²) < 4.78 is 1.93. The van der Waals surface area contributed by atoms with Crippen LogP contribution in [-0.2, 0) is 6.54 Å². The Labute approximate surface area is 130 Å². The van der Waals surface area contributed by atoms with E-state index in [-0.39, 0.29) is 11.9 Å². The molecule has 1 saturated heterocycles. The van der Waals surface area contributed by atoms with Gasteiger partial charge in [-0.25, -0.2) is 9.97 Å². The molecule has 0 aliphatic carbocycles. The molecule has 0 radical (unpaired) electrons. The molecule has 0 aromatic carbocycles. The second kappa shape index (κ2) is 6.25. The fourth-order valence-electron chi connectivity index (χ4n) is 3.00. The molecule has 0 bridgehead atoms. The lowest BCUT2D eigenvalue weighted by atomic mass is 10.0. The Kier molecular flexibility index (Phi) is 4.18. The van der Waals surface area contributed by atoms with Crippen molar-refractivity contribution in [1.82, 2.24) is 24.6 Å². The number of likely N-dealkylation sites (tertiary alicyclic amines) is 1. The smallest absolute Gasteiger partial charge is 0.257 e. The largest absolute Gasteiger partial charge is 0.334 e. The number of amides is 1. The van der Waals surface area contributed by atoms with Crippen molar-refractivity contribution in [2.24, 2.45) is 0 Å². The van der Waals surface area contributed by atoms with E-state index in [0.717, 1.165) is 43.6 Å². The molecule has 1 aliphatic heterocycles. The fourth-order valence-corrected chi connectivity index (χ4v) is 3.00. The van der Waals surface area contributed by atoms with Crippen molar-refractivity contribution in [1.29, 1.82) is 0 Å². The standard InChI is InChI=1S/C16H21N5O/c1-12-7-19-20(9-12)10-14-5-3-4-6-21(14)16(22)15-8-17-11-18-13(15)2/h7-9,11,14H,3-6,10H2,1-2H3. The average molecular weight is 299 g/mol. The highest BCUT2D eigenvalue weighted by Gasteiger charge is 2.29. The highest BCUT2D eigenvalue weighted by atomic mass is 16.2. The van der Waals surface area contributed by atoms with Crippen molar-refractivity contribution in [2.45, 2.75) is 45.7 Å². The van der Waals surface area contributed by atoms with Crippen LogP contribution in [0.3, 0.4) is 0 Å². The van der Waals surface area contributed by atoms with E-state index in [1.807, 2.05) is 35.8 Å². The van der Waals surface area contributed by atoms with Gasteiger partial charge in [0.2, 0.25) is 0 Å². The number of carbonyl (C=O) groups excluding carboxylic acids is 1. The molecule has 1 amide bonds. The molecule has 1 atom stereocenters. The number of piperidine rings is 1. The van der Waals surface area contributed by atoms with Crippen molar-refractivity contribution in [3.05, 3.63) is 41.7 Å². The van der Waals surface area contributed by atoms with Crippen LogP contribution in [0.15, 0.2) is 24.9 Å². The van der Waals surface area contributed by atoms with E-state index in [9.17, 15) is 4.79 Å². The number of nitrogens with zero attached hydrogens (tertiary/aromatic N) is 5. The van der Waals surface area contributed by atoms with Gasteiger partial charge < -0.3 is 4.90 Å². The van der Waals surface area contributed by atoms with E-state index >= 15 is 0 Å². The molecule has 1 aliphatic rings. The van der Waals surface area contributed by atoms with Crippen LogP contribution >= 0.6 is 0 Å². The predicted molar refractivity (Wildman–Crippen MR) is 82.4 cm³/mol. The molecule has 2 aromatic rings. The molecular formula is C16H21N5O. The topological polar surface area (TPSA) is 63.9 Å². The van der Waals surface area contributed by atoms with Crippen molar-refractivity contribution < 1.29 is 4.79 Å². The van der Waals surface area contributed by atoms with E-state index in [1.165, 1.54) is 6.33 Å². The summed E-state index contributed by atoms with van der Waals surface area (Å²) in [5.41, 5.74) is 2.48. The summed E-state index contributed by atoms with van der Waals surface area (Å²) in [6, 6.07) is 0.181. The Morgan fingerprint density at radius 1 is 1.32 bits per heavy atom. The Hall–Kier alpha value is -2.24. The second-order valence-electron chi connectivity index (χ2n) is 5.91. The van der Waals surface area contributed by atoms with Gasteiger partial charge in [0.1, 0.15) is 6.33 Å². The van der Waals surface area contributed by atoms with E-state index in [0.29, 0.717) is 5.56 Å². The van der Waals surface area contributed by atoms with Crippen LogP contribution in [0.2, 0.25) is 0 Å². The van der Waals surface area contributed by atoms with Gasteiger partial charge in [-0.1, -0.05) is 0 Å². The number of carbonyl (C=O) groups is 1. The predicted octanol–water partition coefficient (Wildman–Crippen LogP) is 1.98. The van der Waals surface area contributed by atoms with Gasteiger partial charge in [0.25, 0.3) is 5.91 Å². The second-order valence-corrected chi connectivity index (χ2v) is 5.91. The summed E-state index contributed by atoms with van der Waals surface area (Å²) in [5, 5.41) is 4.35. The van der Waals surface area contributed by atoms with Gasteiger partial charge in [-0.05, 0) is 38.7 Å². The Morgan fingerprint density at radius 3 is 2.91 bits per heavy atom. The van der Waals surface area contributed by atoms with Crippen LogP contribution in [0.4, 0.5) is 0 Å². The minimum absolute atomic E-state index is 0.0340. The maximum atomic E-state index is 12.8. The van der Waals surface area contributed by atoms with Crippen LogP contribution in [0.5, 0.6) is 0 Å². The maximum Gasteiger partial charge on any atom is 0.257 e. The van der Waals surface area contributed by atoms with Crippen LogP contribution in [0, 0.1) is 13.8 Å². The van der Waals surface area contributed by atoms with Crippen LogP contribution in [0.25, 0.3) is 0 Å². The SMILES string of the molecule is Cc1cnn(CC2CCCCN2C(=O)c2cncnc2C)c1. The molecule has 1 fully saturated rings. The lowest BCUT2D eigenvalue weighted by Crippen LogP contribution is -2.46. The molecule has 3 heterocycles. The molecule has 0 spiro atoms. The molecule has 0 saturated carbocycles. The number of aromatic nitrogens is 4. The molecule has 2 aromatic heterocycles. The van der Waals surface area contributed by atoms with E-state index in [2.05, 4.69) is 15.1 Å². The van der Waals surface area contributed by atoms with Crippen molar-refractivity contribution >= 4 is 5.91 Å². The van der Waals surface area contributed by atoms with Crippen molar-refractivity contribution in [2.75, 3.05) is 6.54 Å². The molecule has 6 nitrogen and oxygen atoms in total. The van der Waals surface area contributed by atoms with Gasteiger partial charge in [-0.2, -0.15) is 5.10 Å². The molecule has 6 heteroatoms. The summed E-state index contributed by atoms with van der Waals surface area (Å²) in [5.74, 6) is 0.0340. The van der Waals surface area contributed by atoms with E-state index in [1.54, 1.807) is 6.20 Å². The fraction of sp³-hybridized carbons (Fsp3) is 0.500. The zero-order valence-electron chi connectivity index (χ0n) is 13.1. The average Bonchev–Trinajstić information content (AvgIpc) is 2.93. The summed E-state index contributed by atoms with van der Waals surface area (Å²) in [7, 11) is 0. The summed E-state index contributed by atoms with van der Waals surface area (Å²) in [6.45, 7) is 5.41. The van der Waals surface area contributed by atoms with Gasteiger partial charge >= 0.3 is 0 Å². The lowest BCUT2D eigenvalue weighted by molar-refractivity contribution is 0.0582. The first-order valence-corrected chi connectivity index (χ1v) is 7.72. The number of hydrogen-bond acceptors (Lipinski definition) is 4. The normalized spacial score (nSPS) is 18.5. The van der Waals surface area contributed by atoms with Gasteiger partial charge in [-0.15, -0.1) is 0 Å². The minimum atomic E-state index is 0.0340. The Morgan fingerprint density at radius 2 is 2.18 bits per heavy atom. The first-order chi connectivity index (χ1) is 10.6. The first-order valence-electron chi connectivity index (χ1n) is 7.72. The van der Waals surface area contributed by atoms with Gasteiger partial charge in [0.15, 0.2) is 0 Å². The molecule has 3 rings (SSSR count). The zero-order chi connectivity index (χ0) is 15.5. The molecule has 22 heavy (non-hydrogen) atoms. The number of hydrogen-bond donors (Lipinski definition) is 0. The zero-order valence-corrected chi connectivity index (χ0v) is 13.1. The van der Waals surface area contributed by atoms with Crippen LogP contribution in [0.1, 0.15) is 40.9 Å². The summed E-state index contributed by atoms with van der Waals surface area (Å²) in [4.78, 5) is 22.9. The van der Waals surface area contributed by atoms with Crippen molar-refractivity contribution in [3.8, 4) is 0 Å². The summed E-state index contributed by atoms with van der Waals surface area (Å²) in [6.07, 6.45) is 10.2. The van der Waals surface area contributed by atoms with Crippen LogP contribution in [-0.4, -0.2) is 43.1 Å². The molecular weight excluding hydrogens is 278 g/mol. The molecule has 116 valence electrons. The third-order valence-electron chi connectivity index (χ3n) is 4.19. The van der Waals surface area contributed by atoms with Crippen molar-refractivity contribution in [3.63, 3.8) is 0 Å². The summed E-state index contributed by atoms with van der Waals surface area (Å²) >= 11 is 0. The third-order valence-corrected chi connectivity index (χ3v) is 4.19. The highest BCUT2D eigenvalue weighted by molar-refractivity contribution is 5.95. The first kappa shape index (κ1) is 14.7. The van der Waals surface area contributed by atoms with Gasteiger partial charge in [0, 0.05) is 18.9 Å². The van der Waals surface area contributed by atoms with Gasteiger partial charge in [-0.3, -0.25) is 9.48 Å². The Balaban J connectivity index is 1.80. The third kappa shape index (κ3) is 3.00. The number of aryl methyl sites for hydroxylation is 2. The monoisotopic (exact) mass is 299 g/mol. The quantitative estimate of drug-likeness (QED) is 0.869. The molecule has 0 N–H and O–H groups in total. The lowest BCUT2D eigenvalue weighted by Gasteiger charge is -2.35. The van der Waals surface area contributed by atoms with E-state index in [4.69, 9.17) is 0 Å². The molecule has 1 unspecified atom stereocenters. The van der Waals surface area contributed by atoms with Crippen LogP contribution < -0.4 is 0 Å². The highest BCUT2D eigenvalue weighted by Crippen LogP contribution is 2.21. The Bertz CT molecular complexity index is 666. The van der Waals surface area contributed by atoms with E-state index < -0.39 is 0 Å². The number of rotatable bonds is 3.